The molecule has 1 saturated heterocycles. The highest BCUT2D eigenvalue weighted by molar-refractivity contribution is 5.18. The molecule has 1 fully saturated rings. The summed E-state index contributed by atoms with van der Waals surface area (Å²) in [5.74, 6) is 0.884. The standard InChI is InChI=1S/C21H33NO/c23-21(20-9-5-2-6-10-20)13-16-22-14-11-19(12-15-22)17-18-7-3-1-4-8-18/h1,3,7,9,19,21,23H,2,4-6,8,10-17H2. The van der Waals surface area contributed by atoms with Gasteiger partial charge >= 0.3 is 0 Å². The molecule has 2 nitrogen and oxygen atoms in total. The van der Waals surface area contributed by atoms with Gasteiger partial charge in [0.15, 0.2) is 0 Å². The van der Waals surface area contributed by atoms with Crippen LogP contribution in [0.3, 0.4) is 0 Å². The van der Waals surface area contributed by atoms with Crippen molar-refractivity contribution in [2.75, 3.05) is 19.6 Å². The predicted molar refractivity (Wildman–Crippen MR) is 97.4 cm³/mol. The van der Waals surface area contributed by atoms with Crippen LogP contribution >= 0.6 is 0 Å². The lowest BCUT2D eigenvalue weighted by atomic mass is 9.87. The smallest absolute Gasteiger partial charge is 0.0762 e. The van der Waals surface area contributed by atoms with Crippen molar-refractivity contribution in [1.29, 1.82) is 0 Å². The highest BCUT2D eigenvalue weighted by atomic mass is 16.3. The lowest BCUT2D eigenvalue weighted by Crippen LogP contribution is -2.36. The van der Waals surface area contributed by atoms with Gasteiger partial charge in [0.25, 0.3) is 0 Å². The number of aliphatic hydroxyl groups excluding tert-OH is 1. The number of allylic oxidation sites excluding steroid dienone is 5. The highest BCUT2D eigenvalue weighted by Gasteiger charge is 2.21. The normalized spacial score (nSPS) is 25.1. The van der Waals surface area contributed by atoms with E-state index >= 15 is 0 Å². The van der Waals surface area contributed by atoms with E-state index in [4.69, 9.17) is 0 Å². The molecule has 0 aromatic carbocycles. The van der Waals surface area contributed by atoms with Crippen LogP contribution in [0.15, 0.2) is 35.5 Å². The minimum absolute atomic E-state index is 0.188. The summed E-state index contributed by atoms with van der Waals surface area (Å²) in [4.78, 5) is 2.57. The van der Waals surface area contributed by atoms with Gasteiger partial charge in [-0.1, -0.05) is 29.9 Å². The molecule has 1 N–H and O–H groups in total. The number of nitrogens with zero attached hydrogens (tertiary/aromatic N) is 1. The zero-order valence-corrected chi connectivity index (χ0v) is 14.6. The van der Waals surface area contributed by atoms with E-state index in [9.17, 15) is 5.11 Å². The Morgan fingerprint density at radius 3 is 2.70 bits per heavy atom. The third-order valence-corrected chi connectivity index (χ3v) is 5.83. The molecule has 0 spiro atoms. The Bertz CT molecular complexity index is 454. The molecule has 2 heteroatoms. The quantitative estimate of drug-likeness (QED) is 0.723. The number of aliphatic hydroxyl groups is 1. The Balaban J connectivity index is 1.35. The van der Waals surface area contributed by atoms with E-state index in [0.29, 0.717) is 0 Å². The largest absolute Gasteiger partial charge is 0.389 e. The van der Waals surface area contributed by atoms with Crippen LogP contribution in [0.4, 0.5) is 0 Å². The van der Waals surface area contributed by atoms with Crippen molar-refractivity contribution in [3.8, 4) is 0 Å². The van der Waals surface area contributed by atoms with Gasteiger partial charge in [-0.05, 0) is 88.8 Å². The van der Waals surface area contributed by atoms with Crippen LogP contribution in [0.25, 0.3) is 0 Å². The van der Waals surface area contributed by atoms with Crippen LogP contribution in [-0.2, 0) is 0 Å². The summed E-state index contributed by atoms with van der Waals surface area (Å²) >= 11 is 0. The molecular weight excluding hydrogens is 282 g/mol. The van der Waals surface area contributed by atoms with E-state index in [2.05, 4.69) is 29.2 Å². The van der Waals surface area contributed by atoms with E-state index in [1.54, 1.807) is 5.57 Å². The van der Waals surface area contributed by atoms with Gasteiger partial charge < -0.3 is 10.0 Å². The van der Waals surface area contributed by atoms with Gasteiger partial charge in [-0.15, -0.1) is 0 Å². The lowest BCUT2D eigenvalue weighted by molar-refractivity contribution is 0.138. The van der Waals surface area contributed by atoms with E-state index in [1.165, 1.54) is 70.0 Å². The highest BCUT2D eigenvalue weighted by Crippen LogP contribution is 2.28. The summed E-state index contributed by atoms with van der Waals surface area (Å²) < 4.78 is 0. The van der Waals surface area contributed by atoms with Crippen LogP contribution in [0.2, 0.25) is 0 Å². The first-order chi connectivity index (χ1) is 11.3. The van der Waals surface area contributed by atoms with Gasteiger partial charge in [0.05, 0.1) is 6.10 Å². The third kappa shape index (κ3) is 5.32. The van der Waals surface area contributed by atoms with Crippen molar-refractivity contribution >= 4 is 0 Å². The summed E-state index contributed by atoms with van der Waals surface area (Å²) in [7, 11) is 0. The first-order valence-corrected chi connectivity index (χ1v) is 9.75. The summed E-state index contributed by atoms with van der Waals surface area (Å²) in [5.41, 5.74) is 2.97. The molecule has 3 rings (SSSR count). The number of piperidine rings is 1. The summed E-state index contributed by atoms with van der Waals surface area (Å²) in [6.45, 7) is 3.51. The number of hydrogen-bond acceptors (Lipinski definition) is 2. The van der Waals surface area contributed by atoms with Crippen LogP contribution < -0.4 is 0 Å². The molecule has 0 amide bonds. The zero-order valence-electron chi connectivity index (χ0n) is 14.6. The fourth-order valence-electron chi connectivity index (χ4n) is 4.26. The molecule has 1 unspecified atom stereocenters. The Hall–Kier alpha value is -0.860. The number of rotatable bonds is 6. The fraction of sp³-hybridized carbons (Fsp3) is 0.714. The second kappa shape index (κ2) is 8.84. The van der Waals surface area contributed by atoms with Crippen molar-refractivity contribution in [3.63, 3.8) is 0 Å². The van der Waals surface area contributed by atoms with Crippen LogP contribution in [-0.4, -0.2) is 35.7 Å². The maximum Gasteiger partial charge on any atom is 0.0762 e. The predicted octanol–water partition coefficient (Wildman–Crippen LogP) is 4.62. The van der Waals surface area contributed by atoms with Gasteiger partial charge in [-0.25, -0.2) is 0 Å². The lowest BCUT2D eigenvalue weighted by Gasteiger charge is -2.33. The average molecular weight is 316 g/mol. The molecule has 0 radical (unpaired) electrons. The maximum atomic E-state index is 10.4. The van der Waals surface area contributed by atoms with Gasteiger partial charge in [0, 0.05) is 6.54 Å². The fourth-order valence-corrected chi connectivity index (χ4v) is 4.26. The molecule has 0 aromatic heterocycles. The van der Waals surface area contributed by atoms with Gasteiger partial charge in [-0.3, -0.25) is 0 Å². The van der Waals surface area contributed by atoms with Crippen molar-refractivity contribution in [1.82, 2.24) is 4.90 Å². The van der Waals surface area contributed by atoms with Gasteiger partial charge in [-0.2, -0.15) is 0 Å². The van der Waals surface area contributed by atoms with Gasteiger partial charge in [0.1, 0.15) is 0 Å². The molecule has 0 aromatic rings. The SMILES string of the molecule is OC(CCN1CCC(CC2=CC=CCC2)CC1)C1=CCCCC1. The summed E-state index contributed by atoms with van der Waals surface area (Å²) in [6.07, 6.45) is 21.2. The van der Waals surface area contributed by atoms with Crippen molar-refractivity contribution in [2.24, 2.45) is 5.92 Å². The van der Waals surface area contributed by atoms with E-state index in [-0.39, 0.29) is 6.10 Å². The van der Waals surface area contributed by atoms with E-state index in [0.717, 1.165) is 25.3 Å². The zero-order chi connectivity index (χ0) is 15.9. The first kappa shape index (κ1) is 17.0. The molecule has 0 bridgehead atoms. The third-order valence-electron chi connectivity index (χ3n) is 5.83. The second-order valence-electron chi connectivity index (χ2n) is 7.61. The van der Waals surface area contributed by atoms with Crippen molar-refractivity contribution in [2.45, 2.75) is 70.3 Å². The first-order valence-electron chi connectivity index (χ1n) is 9.75. The number of hydrogen-bond donors (Lipinski definition) is 1. The Labute approximate surface area is 142 Å². The summed E-state index contributed by atoms with van der Waals surface area (Å²) in [6, 6.07) is 0. The second-order valence-corrected chi connectivity index (χ2v) is 7.61. The molecule has 2 aliphatic carbocycles. The molecule has 1 heterocycles. The topological polar surface area (TPSA) is 23.5 Å². The van der Waals surface area contributed by atoms with E-state index in [1.807, 2.05) is 0 Å². The Morgan fingerprint density at radius 1 is 1.13 bits per heavy atom. The average Bonchev–Trinajstić information content (AvgIpc) is 2.62. The van der Waals surface area contributed by atoms with Crippen LogP contribution in [0, 0.1) is 5.92 Å². The Kier molecular flexibility index (Phi) is 6.53. The molecule has 0 saturated carbocycles. The number of likely N-dealkylation sites (tertiary alicyclic amines) is 1. The Morgan fingerprint density at radius 2 is 2.00 bits per heavy atom. The monoisotopic (exact) mass is 315 g/mol. The molecule has 3 aliphatic rings. The maximum absolute atomic E-state index is 10.4. The van der Waals surface area contributed by atoms with Crippen molar-refractivity contribution in [3.05, 3.63) is 35.5 Å². The molecule has 128 valence electrons. The minimum atomic E-state index is -0.188. The molecular formula is C21H33NO. The minimum Gasteiger partial charge on any atom is -0.389 e. The van der Waals surface area contributed by atoms with Gasteiger partial charge in [0.2, 0.25) is 0 Å². The summed E-state index contributed by atoms with van der Waals surface area (Å²) in [5, 5.41) is 10.4. The molecule has 1 atom stereocenters. The molecule has 1 aliphatic heterocycles. The van der Waals surface area contributed by atoms with Crippen molar-refractivity contribution < 1.29 is 5.11 Å². The van der Waals surface area contributed by atoms with Crippen LogP contribution in [0.5, 0.6) is 0 Å². The van der Waals surface area contributed by atoms with Crippen LogP contribution in [0.1, 0.15) is 64.2 Å². The molecule has 23 heavy (non-hydrogen) atoms. The van der Waals surface area contributed by atoms with E-state index < -0.39 is 0 Å².